The van der Waals surface area contributed by atoms with E-state index in [9.17, 15) is 23.2 Å². The first-order chi connectivity index (χ1) is 8.91. The largest absolute Gasteiger partial charge is 0.478 e. The number of halogens is 2. The van der Waals surface area contributed by atoms with Crippen LogP contribution in [0, 0.1) is 11.6 Å². The fourth-order valence-electron chi connectivity index (χ4n) is 1.66. The van der Waals surface area contributed by atoms with E-state index in [1.807, 2.05) is 0 Å². The monoisotopic (exact) mass is 271 g/mol. The molecule has 2 amide bonds. The average Bonchev–Trinajstić information content (AvgIpc) is 2.32. The molecule has 0 saturated carbocycles. The van der Waals surface area contributed by atoms with Crippen molar-refractivity contribution in [3.05, 3.63) is 29.3 Å². The number of rotatable bonds is 2. The van der Waals surface area contributed by atoms with E-state index in [2.05, 4.69) is 4.74 Å². The Kier molecular flexibility index (Phi) is 3.26. The maximum atomic E-state index is 13.2. The molecule has 1 aliphatic heterocycles. The maximum Gasteiger partial charge on any atom is 0.337 e. The van der Waals surface area contributed by atoms with E-state index in [0.717, 1.165) is 0 Å². The molecule has 2 rings (SSSR count). The number of hydrogen-bond donors (Lipinski definition) is 1. The highest BCUT2D eigenvalue weighted by Crippen LogP contribution is 2.26. The number of anilines is 1. The highest BCUT2D eigenvalue weighted by Gasteiger charge is 2.32. The highest BCUT2D eigenvalue weighted by atomic mass is 19.2. The number of morpholine rings is 1. The summed E-state index contributed by atoms with van der Waals surface area (Å²) in [4.78, 5) is 34.5. The Hall–Kier alpha value is -2.35. The lowest BCUT2D eigenvalue weighted by molar-refractivity contribution is -0.138. The van der Waals surface area contributed by atoms with E-state index in [0.29, 0.717) is 17.0 Å². The second-order valence-corrected chi connectivity index (χ2v) is 3.70. The first kappa shape index (κ1) is 13.1. The van der Waals surface area contributed by atoms with Gasteiger partial charge in [-0.1, -0.05) is 0 Å². The summed E-state index contributed by atoms with van der Waals surface area (Å²) in [6.45, 7) is -0.881. The van der Waals surface area contributed by atoms with Crippen LogP contribution in [0.2, 0.25) is 0 Å². The van der Waals surface area contributed by atoms with Crippen molar-refractivity contribution < 1.29 is 33.0 Å². The SMILES string of the molecule is O=C(O)c1cc(F)c(F)cc1N1C(=O)COCC1=O. The number of carbonyl (C=O) groups is 3. The van der Waals surface area contributed by atoms with Crippen molar-refractivity contribution in [1.82, 2.24) is 0 Å². The second kappa shape index (κ2) is 4.73. The lowest BCUT2D eigenvalue weighted by atomic mass is 10.1. The number of aromatic carboxylic acids is 1. The van der Waals surface area contributed by atoms with Crippen LogP contribution in [0.25, 0.3) is 0 Å². The molecule has 0 radical (unpaired) electrons. The maximum absolute atomic E-state index is 13.2. The van der Waals surface area contributed by atoms with E-state index in [-0.39, 0.29) is 0 Å². The standard InChI is InChI=1S/C11H7F2NO5/c12-6-1-5(11(17)18)8(2-7(6)13)14-9(15)3-19-4-10(14)16/h1-2H,3-4H2,(H,17,18). The first-order valence-electron chi connectivity index (χ1n) is 5.07. The molecule has 0 bridgehead atoms. The van der Waals surface area contributed by atoms with Crippen molar-refractivity contribution in [2.75, 3.05) is 18.1 Å². The van der Waals surface area contributed by atoms with Crippen LogP contribution in [0.4, 0.5) is 14.5 Å². The molecule has 0 spiro atoms. The van der Waals surface area contributed by atoms with Crippen LogP contribution in [0.15, 0.2) is 12.1 Å². The third kappa shape index (κ3) is 2.29. The van der Waals surface area contributed by atoms with Crippen LogP contribution < -0.4 is 4.90 Å². The van der Waals surface area contributed by atoms with Gasteiger partial charge in [0.25, 0.3) is 11.8 Å². The molecule has 6 nitrogen and oxygen atoms in total. The molecule has 1 aromatic carbocycles. The van der Waals surface area contributed by atoms with Gasteiger partial charge in [0, 0.05) is 6.07 Å². The van der Waals surface area contributed by atoms with Gasteiger partial charge in [-0.2, -0.15) is 0 Å². The zero-order valence-electron chi connectivity index (χ0n) is 9.35. The zero-order valence-corrected chi connectivity index (χ0v) is 9.35. The topological polar surface area (TPSA) is 83.9 Å². The number of amides is 2. The Morgan fingerprint density at radius 3 is 2.21 bits per heavy atom. The summed E-state index contributed by atoms with van der Waals surface area (Å²) in [5.41, 5.74) is -1.19. The fourth-order valence-corrected chi connectivity index (χ4v) is 1.66. The minimum atomic E-state index is -1.58. The Morgan fingerprint density at radius 2 is 1.68 bits per heavy atom. The smallest absolute Gasteiger partial charge is 0.337 e. The predicted octanol–water partition coefficient (Wildman–Crippen LogP) is 0.553. The van der Waals surface area contributed by atoms with Gasteiger partial charge in [0.15, 0.2) is 11.6 Å². The molecular weight excluding hydrogens is 264 g/mol. The van der Waals surface area contributed by atoms with Crippen LogP contribution in [-0.4, -0.2) is 36.1 Å². The van der Waals surface area contributed by atoms with Crippen molar-refractivity contribution in [1.29, 1.82) is 0 Å². The van der Waals surface area contributed by atoms with Crippen molar-refractivity contribution in [3.8, 4) is 0 Å². The van der Waals surface area contributed by atoms with Gasteiger partial charge in [-0.3, -0.25) is 9.59 Å². The molecule has 1 saturated heterocycles. The van der Waals surface area contributed by atoms with Crippen LogP contribution >= 0.6 is 0 Å². The van der Waals surface area contributed by atoms with Crippen LogP contribution in [0.1, 0.15) is 10.4 Å². The first-order valence-corrected chi connectivity index (χ1v) is 5.07. The summed E-state index contributed by atoms with van der Waals surface area (Å²) >= 11 is 0. The van der Waals surface area contributed by atoms with Gasteiger partial charge in [-0.25, -0.2) is 18.5 Å². The van der Waals surface area contributed by atoms with Crippen molar-refractivity contribution >= 4 is 23.5 Å². The van der Waals surface area contributed by atoms with E-state index < -0.39 is 53.9 Å². The average molecular weight is 271 g/mol. The Balaban J connectivity index is 2.59. The zero-order chi connectivity index (χ0) is 14.2. The van der Waals surface area contributed by atoms with Gasteiger partial charge in [0.05, 0.1) is 11.3 Å². The van der Waals surface area contributed by atoms with Gasteiger partial charge in [0.1, 0.15) is 13.2 Å². The summed E-state index contributed by atoms with van der Waals surface area (Å²) in [6, 6.07) is 0.920. The molecule has 0 aliphatic carbocycles. The molecule has 8 heteroatoms. The molecule has 0 atom stereocenters. The van der Waals surface area contributed by atoms with E-state index in [1.165, 1.54) is 0 Å². The number of hydrogen-bond acceptors (Lipinski definition) is 4. The van der Waals surface area contributed by atoms with Gasteiger partial charge in [0.2, 0.25) is 0 Å². The molecular formula is C11H7F2NO5. The number of ether oxygens (including phenoxy) is 1. The minimum absolute atomic E-state index is 0.420. The molecule has 0 unspecified atom stereocenters. The third-order valence-electron chi connectivity index (χ3n) is 2.46. The van der Waals surface area contributed by atoms with Gasteiger partial charge < -0.3 is 9.84 Å². The molecule has 1 aliphatic rings. The van der Waals surface area contributed by atoms with E-state index in [1.54, 1.807) is 0 Å². The summed E-state index contributed by atoms with van der Waals surface area (Å²) in [5, 5.41) is 8.91. The number of carboxylic acids is 1. The number of carbonyl (C=O) groups excluding carboxylic acids is 2. The summed E-state index contributed by atoms with van der Waals surface area (Å²) in [7, 11) is 0. The summed E-state index contributed by atoms with van der Waals surface area (Å²) < 4.78 is 30.9. The lowest BCUT2D eigenvalue weighted by Crippen LogP contribution is -2.47. The number of benzene rings is 1. The van der Waals surface area contributed by atoms with Crippen molar-refractivity contribution in [2.24, 2.45) is 0 Å². The van der Waals surface area contributed by atoms with E-state index in [4.69, 9.17) is 5.11 Å². The molecule has 1 heterocycles. The molecule has 100 valence electrons. The van der Waals surface area contributed by atoms with Gasteiger partial charge in [-0.05, 0) is 6.07 Å². The normalized spacial score (nSPS) is 15.8. The Morgan fingerprint density at radius 1 is 1.16 bits per heavy atom. The molecule has 1 N–H and O–H groups in total. The second-order valence-electron chi connectivity index (χ2n) is 3.70. The summed E-state index contributed by atoms with van der Waals surface area (Å²) in [5.74, 6) is -6.00. The molecule has 0 aromatic heterocycles. The summed E-state index contributed by atoms with van der Waals surface area (Å²) in [6.07, 6.45) is 0. The highest BCUT2D eigenvalue weighted by molar-refractivity contribution is 6.19. The fraction of sp³-hybridized carbons (Fsp3) is 0.182. The molecule has 19 heavy (non-hydrogen) atoms. The van der Waals surface area contributed by atoms with E-state index >= 15 is 0 Å². The quantitative estimate of drug-likeness (QED) is 0.794. The van der Waals surface area contributed by atoms with Crippen molar-refractivity contribution in [3.63, 3.8) is 0 Å². The Labute approximate surface area is 105 Å². The van der Waals surface area contributed by atoms with Crippen LogP contribution in [0.5, 0.6) is 0 Å². The van der Waals surface area contributed by atoms with Crippen LogP contribution in [0.3, 0.4) is 0 Å². The van der Waals surface area contributed by atoms with Gasteiger partial charge in [-0.15, -0.1) is 0 Å². The van der Waals surface area contributed by atoms with Crippen molar-refractivity contribution in [2.45, 2.75) is 0 Å². The lowest BCUT2D eigenvalue weighted by Gasteiger charge is -2.26. The van der Waals surface area contributed by atoms with Crippen LogP contribution in [-0.2, 0) is 14.3 Å². The number of nitrogens with zero attached hydrogens (tertiary/aromatic N) is 1. The van der Waals surface area contributed by atoms with Gasteiger partial charge >= 0.3 is 5.97 Å². The Bertz CT molecular complexity index is 571. The number of carboxylic acid groups (broad SMARTS) is 1. The third-order valence-corrected chi connectivity index (χ3v) is 2.46. The number of imide groups is 1. The molecule has 1 aromatic rings. The molecule has 1 fully saturated rings. The minimum Gasteiger partial charge on any atom is -0.478 e. The predicted molar refractivity (Wildman–Crippen MR) is 56.6 cm³/mol.